The second-order valence-corrected chi connectivity index (χ2v) is 8.38. The van der Waals surface area contributed by atoms with Gasteiger partial charge >= 0.3 is 0 Å². The summed E-state index contributed by atoms with van der Waals surface area (Å²) in [5.41, 5.74) is 2.06. The highest BCUT2D eigenvalue weighted by molar-refractivity contribution is 5.96. The first-order valence-corrected chi connectivity index (χ1v) is 10.1. The lowest BCUT2D eigenvalue weighted by molar-refractivity contribution is -0.00361. The Labute approximate surface area is 163 Å². The zero-order valence-electron chi connectivity index (χ0n) is 15.9. The molecule has 5 heteroatoms. The van der Waals surface area contributed by atoms with Crippen LogP contribution in [-0.4, -0.2) is 47.4 Å². The van der Waals surface area contributed by atoms with Crippen molar-refractivity contribution in [1.82, 2.24) is 9.80 Å². The van der Waals surface area contributed by atoms with Crippen molar-refractivity contribution in [3.8, 4) is 0 Å². The molecule has 1 amide bonds. The molecule has 0 aromatic heterocycles. The summed E-state index contributed by atoms with van der Waals surface area (Å²) in [5, 5.41) is 0. The predicted octanol–water partition coefficient (Wildman–Crippen LogP) is 3.98. The molecule has 0 aliphatic carbocycles. The van der Waals surface area contributed by atoms with E-state index in [-0.39, 0.29) is 23.9 Å². The van der Waals surface area contributed by atoms with E-state index in [1.165, 1.54) is 0 Å². The molecule has 0 unspecified atom stereocenters. The van der Waals surface area contributed by atoms with Gasteiger partial charge < -0.3 is 4.90 Å². The summed E-state index contributed by atoms with van der Waals surface area (Å²) in [6.07, 6.45) is 2.13. The number of amides is 1. The van der Waals surface area contributed by atoms with E-state index >= 15 is 0 Å². The van der Waals surface area contributed by atoms with Crippen molar-refractivity contribution in [2.45, 2.75) is 37.8 Å². The molecule has 0 saturated carbocycles. The Morgan fingerprint density at radius 3 is 2.50 bits per heavy atom. The topological polar surface area (TPSA) is 23.6 Å². The Kier molecular flexibility index (Phi) is 4.23. The highest BCUT2D eigenvalue weighted by atomic mass is 19.2. The number of piperidine rings is 3. The van der Waals surface area contributed by atoms with E-state index in [2.05, 4.69) is 4.90 Å². The van der Waals surface area contributed by atoms with Gasteiger partial charge in [0.05, 0.1) is 6.04 Å². The van der Waals surface area contributed by atoms with E-state index in [1.54, 1.807) is 12.1 Å². The second-order valence-electron chi connectivity index (χ2n) is 8.38. The molecular weight excluding hydrogens is 358 g/mol. The van der Waals surface area contributed by atoms with Crippen LogP contribution in [-0.2, 0) is 0 Å². The summed E-state index contributed by atoms with van der Waals surface area (Å²) in [6.45, 7) is 4.34. The van der Waals surface area contributed by atoms with Crippen LogP contribution in [0.2, 0.25) is 0 Å². The normalized spacial score (nSPS) is 31.1. The molecule has 3 atom stereocenters. The summed E-state index contributed by atoms with van der Waals surface area (Å²) in [6, 6.07) is 12.2. The Morgan fingerprint density at radius 2 is 1.75 bits per heavy atom. The largest absolute Gasteiger partial charge is 0.333 e. The molecule has 146 valence electrons. The van der Waals surface area contributed by atoms with Crippen molar-refractivity contribution in [1.29, 1.82) is 0 Å². The summed E-state index contributed by atoms with van der Waals surface area (Å²) < 4.78 is 28.6. The molecule has 0 radical (unpaired) electrons. The number of benzene rings is 2. The lowest BCUT2D eigenvalue weighted by atomic mass is 9.75. The standard InChI is InChI=1S/C23H24F2N2O/c1-14-5-2-3-6-16(14)23(28)27-13-18(17-7-4-8-19(24)20(17)25)22-21(27)15-9-11-26(22)12-10-15/h2-8,15,18,21-22H,9-13H2,1H3/t18-,21+,22+/m0/s1. The molecule has 4 heterocycles. The molecule has 2 aromatic rings. The van der Waals surface area contributed by atoms with Crippen LogP contribution in [0.3, 0.4) is 0 Å². The van der Waals surface area contributed by atoms with E-state index in [0.29, 0.717) is 23.6 Å². The minimum atomic E-state index is -0.811. The van der Waals surface area contributed by atoms with Gasteiger partial charge in [-0.3, -0.25) is 9.69 Å². The maximum Gasteiger partial charge on any atom is 0.254 e. The number of fused-ring (bicyclic) bond motifs is 2. The maximum absolute atomic E-state index is 14.7. The third-order valence-electron chi connectivity index (χ3n) is 7.01. The summed E-state index contributed by atoms with van der Waals surface area (Å²) >= 11 is 0. The number of halogens is 2. The van der Waals surface area contributed by atoms with Gasteiger partial charge in [-0.2, -0.15) is 0 Å². The van der Waals surface area contributed by atoms with Gasteiger partial charge in [0.15, 0.2) is 11.6 Å². The number of carbonyl (C=O) groups excluding carboxylic acids is 1. The number of aryl methyl sites for hydroxylation is 1. The lowest BCUT2D eigenvalue weighted by Crippen LogP contribution is -2.60. The zero-order valence-corrected chi connectivity index (χ0v) is 15.9. The number of likely N-dealkylation sites (tertiary alicyclic amines) is 1. The van der Waals surface area contributed by atoms with Crippen LogP contribution >= 0.6 is 0 Å². The third-order valence-corrected chi connectivity index (χ3v) is 7.01. The number of carbonyl (C=O) groups is 1. The van der Waals surface area contributed by atoms with Crippen molar-refractivity contribution in [2.24, 2.45) is 5.92 Å². The Morgan fingerprint density at radius 1 is 1.00 bits per heavy atom. The van der Waals surface area contributed by atoms with Crippen molar-refractivity contribution in [3.05, 3.63) is 70.8 Å². The lowest BCUT2D eigenvalue weighted by Gasteiger charge is -2.51. The molecule has 4 aliphatic heterocycles. The van der Waals surface area contributed by atoms with Crippen molar-refractivity contribution >= 4 is 5.91 Å². The van der Waals surface area contributed by atoms with Gasteiger partial charge in [0.2, 0.25) is 0 Å². The third kappa shape index (κ3) is 2.60. The Bertz CT molecular complexity index is 923. The van der Waals surface area contributed by atoms with Crippen LogP contribution in [0.15, 0.2) is 42.5 Å². The molecule has 3 nitrogen and oxygen atoms in total. The van der Waals surface area contributed by atoms with Crippen LogP contribution < -0.4 is 0 Å². The number of nitrogens with zero attached hydrogens (tertiary/aromatic N) is 2. The fourth-order valence-electron chi connectivity index (χ4n) is 5.70. The number of rotatable bonds is 2. The van der Waals surface area contributed by atoms with Gasteiger partial charge in [-0.05, 0) is 62.0 Å². The summed E-state index contributed by atoms with van der Waals surface area (Å²) in [7, 11) is 0. The fraction of sp³-hybridized carbons (Fsp3) is 0.435. The highest BCUT2D eigenvalue weighted by Crippen LogP contribution is 2.47. The second kappa shape index (κ2) is 6.66. The van der Waals surface area contributed by atoms with Gasteiger partial charge in [0.25, 0.3) is 5.91 Å². The average Bonchev–Trinajstić information content (AvgIpc) is 3.13. The molecule has 0 spiro atoms. The molecule has 2 bridgehead atoms. The van der Waals surface area contributed by atoms with Gasteiger partial charge in [-0.25, -0.2) is 8.78 Å². The van der Waals surface area contributed by atoms with E-state index in [9.17, 15) is 13.6 Å². The molecular formula is C23H24F2N2O. The van der Waals surface area contributed by atoms with Crippen LogP contribution in [0.4, 0.5) is 8.78 Å². The molecule has 4 fully saturated rings. The van der Waals surface area contributed by atoms with Crippen LogP contribution in [0, 0.1) is 24.5 Å². The van der Waals surface area contributed by atoms with E-state index < -0.39 is 11.6 Å². The maximum atomic E-state index is 14.7. The van der Waals surface area contributed by atoms with Gasteiger partial charge in [0, 0.05) is 24.1 Å². The minimum absolute atomic E-state index is 0.0150. The molecule has 4 saturated heterocycles. The number of hydrogen-bond acceptors (Lipinski definition) is 2. The highest BCUT2D eigenvalue weighted by Gasteiger charge is 2.55. The first-order valence-electron chi connectivity index (χ1n) is 10.1. The molecule has 0 N–H and O–H groups in total. The van der Waals surface area contributed by atoms with Crippen LogP contribution in [0.25, 0.3) is 0 Å². The van der Waals surface area contributed by atoms with Crippen molar-refractivity contribution in [3.63, 3.8) is 0 Å². The first kappa shape index (κ1) is 17.8. The zero-order chi connectivity index (χ0) is 19.4. The molecule has 4 aliphatic rings. The van der Waals surface area contributed by atoms with Crippen LogP contribution in [0.5, 0.6) is 0 Å². The monoisotopic (exact) mass is 382 g/mol. The van der Waals surface area contributed by atoms with E-state index in [0.717, 1.165) is 37.6 Å². The molecule has 2 aromatic carbocycles. The van der Waals surface area contributed by atoms with Gasteiger partial charge in [-0.1, -0.05) is 30.3 Å². The average molecular weight is 382 g/mol. The fourth-order valence-corrected chi connectivity index (χ4v) is 5.70. The van der Waals surface area contributed by atoms with E-state index in [4.69, 9.17) is 0 Å². The van der Waals surface area contributed by atoms with Gasteiger partial charge in [0.1, 0.15) is 0 Å². The quantitative estimate of drug-likeness (QED) is 0.785. The van der Waals surface area contributed by atoms with Gasteiger partial charge in [-0.15, -0.1) is 0 Å². The Hall–Kier alpha value is -2.27. The van der Waals surface area contributed by atoms with Crippen molar-refractivity contribution < 1.29 is 13.6 Å². The molecule has 28 heavy (non-hydrogen) atoms. The SMILES string of the molecule is Cc1ccccc1C(=O)N1C[C@@H](c2cccc(F)c2F)[C@@H]2[C@H]1C1CCN2CC1. The number of hydrogen-bond donors (Lipinski definition) is 0. The first-order chi connectivity index (χ1) is 13.6. The Balaban J connectivity index is 1.57. The molecule has 6 rings (SSSR count). The van der Waals surface area contributed by atoms with Crippen molar-refractivity contribution in [2.75, 3.05) is 19.6 Å². The smallest absolute Gasteiger partial charge is 0.254 e. The summed E-state index contributed by atoms with van der Waals surface area (Å²) in [5.74, 6) is -1.32. The summed E-state index contributed by atoms with van der Waals surface area (Å²) in [4.78, 5) is 17.8. The predicted molar refractivity (Wildman–Crippen MR) is 103 cm³/mol. The minimum Gasteiger partial charge on any atom is -0.333 e. The van der Waals surface area contributed by atoms with Crippen LogP contribution in [0.1, 0.15) is 40.2 Å². The van der Waals surface area contributed by atoms with E-state index in [1.807, 2.05) is 36.1 Å².